The molecule has 0 radical (unpaired) electrons. The quantitative estimate of drug-likeness (QED) is 0.258. The number of phenolic OH excluding ortho intramolecular Hbond substituents is 1. The van der Waals surface area contributed by atoms with Crippen molar-refractivity contribution in [2.24, 2.45) is 27.0 Å². The number of rotatable bonds is 5. The number of hydrogen-bond acceptors (Lipinski definition) is 7. The lowest BCUT2D eigenvalue weighted by Gasteiger charge is -2.34. The van der Waals surface area contributed by atoms with Crippen molar-refractivity contribution in [1.82, 2.24) is 0 Å². The number of carboxylic acids is 1. The fraction of sp³-hybridized carbons (Fsp3) is 0.290. The van der Waals surface area contributed by atoms with Crippen LogP contribution in [0.5, 0.6) is 5.75 Å². The van der Waals surface area contributed by atoms with E-state index in [0.717, 1.165) is 24.1 Å². The second kappa shape index (κ2) is 9.52. The van der Waals surface area contributed by atoms with E-state index in [2.05, 4.69) is 25.9 Å². The van der Waals surface area contributed by atoms with Crippen molar-refractivity contribution in [3.05, 3.63) is 76.9 Å². The number of fused-ring (bicyclic) bond motifs is 2. The minimum atomic E-state index is -0.993. The first-order valence-electron chi connectivity index (χ1n) is 13.2. The van der Waals surface area contributed by atoms with Gasteiger partial charge in [-0.3, -0.25) is 9.69 Å². The lowest BCUT2D eigenvalue weighted by atomic mass is 9.70. The summed E-state index contributed by atoms with van der Waals surface area (Å²) in [6, 6.07) is 16.4. The average Bonchev–Trinajstić information content (AvgIpc) is 3.63. The number of thioether (sulfide) groups is 1. The van der Waals surface area contributed by atoms with Gasteiger partial charge in [0, 0.05) is 22.8 Å². The molecule has 6 rings (SSSR count). The van der Waals surface area contributed by atoms with Crippen LogP contribution in [0.3, 0.4) is 0 Å². The number of nitrogens with zero attached hydrogens (tertiary/aromatic N) is 3. The first-order chi connectivity index (χ1) is 19.1. The van der Waals surface area contributed by atoms with Gasteiger partial charge in [0.2, 0.25) is 5.17 Å². The Balaban J connectivity index is 1.32. The van der Waals surface area contributed by atoms with Gasteiger partial charge >= 0.3 is 5.97 Å². The van der Waals surface area contributed by atoms with Gasteiger partial charge in [-0.05, 0) is 90.9 Å². The number of carbonyl (C=O) groups excluding carboxylic acids is 1. The number of furan rings is 1. The fourth-order valence-corrected chi connectivity index (χ4v) is 6.96. The molecule has 2 aromatic carbocycles. The van der Waals surface area contributed by atoms with Crippen molar-refractivity contribution in [3.63, 3.8) is 0 Å². The predicted octanol–water partition coefficient (Wildman–Crippen LogP) is 7.03. The minimum absolute atomic E-state index is 0.00964. The number of carboxylic acid groups (broad SMARTS) is 1. The molecule has 2 heterocycles. The van der Waals surface area contributed by atoms with Crippen LogP contribution in [0.1, 0.15) is 56.2 Å². The highest BCUT2D eigenvalue weighted by Crippen LogP contribution is 2.64. The van der Waals surface area contributed by atoms with Crippen LogP contribution in [0.4, 0.5) is 5.69 Å². The molecule has 3 aromatic rings. The van der Waals surface area contributed by atoms with Crippen LogP contribution in [0, 0.1) is 16.7 Å². The largest absolute Gasteiger partial charge is 0.508 e. The second-order valence-electron chi connectivity index (χ2n) is 11.3. The molecule has 2 N–H and O–H groups in total. The number of phenols is 1. The maximum atomic E-state index is 13.6. The van der Waals surface area contributed by atoms with Crippen molar-refractivity contribution in [3.8, 4) is 17.1 Å². The number of anilines is 1. The third kappa shape index (κ3) is 4.25. The fourth-order valence-electron chi connectivity index (χ4n) is 6.05. The summed E-state index contributed by atoms with van der Waals surface area (Å²) < 4.78 is 5.97. The van der Waals surface area contributed by atoms with Gasteiger partial charge in [-0.2, -0.15) is 5.10 Å². The van der Waals surface area contributed by atoms with Crippen molar-refractivity contribution in [1.29, 1.82) is 0 Å². The number of aromatic hydroxyl groups is 1. The summed E-state index contributed by atoms with van der Waals surface area (Å²) in [6.07, 6.45) is 4.89. The number of hydrogen-bond donors (Lipinski definition) is 2. The van der Waals surface area contributed by atoms with Gasteiger partial charge in [0.1, 0.15) is 17.3 Å². The van der Waals surface area contributed by atoms with Gasteiger partial charge in [0.05, 0.1) is 16.2 Å². The molecule has 1 aromatic heterocycles. The molecule has 2 bridgehead atoms. The van der Waals surface area contributed by atoms with Gasteiger partial charge in [0.25, 0.3) is 5.91 Å². The normalized spacial score (nSPS) is 26.5. The zero-order chi connectivity index (χ0) is 28.2. The Morgan fingerprint density at radius 1 is 1.05 bits per heavy atom. The van der Waals surface area contributed by atoms with E-state index in [1.165, 1.54) is 47.3 Å². The molecule has 40 heavy (non-hydrogen) atoms. The molecule has 0 spiro atoms. The van der Waals surface area contributed by atoms with Crippen molar-refractivity contribution >= 4 is 46.3 Å². The SMILES string of the molecule is CC12CCC(C/C1=N\N=C1\S/C(=C\c3ccc(-c4ccc(C(=O)O)cc4)o3)C(=O)N1c1ccc(O)cc1)C2(C)C. The highest BCUT2D eigenvalue weighted by atomic mass is 32.2. The summed E-state index contributed by atoms with van der Waals surface area (Å²) in [4.78, 5) is 26.7. The van der Waals surface area contributed by atoms with E-state index in [0.29, 0.717) is 33.2 Å². The molecule has 9 heteroatoms. The van der Waals surface area contributed by atoms with Crippen molar-refractivity contribution in [2.75, 3.05) is 4.90 Å². The van der Waals surface area contributed by atoms with Crippen LogP contribution in [-0.2, 0) is 4.79 Å². The molecular weight excluding hydrogens is 526 g/mol. The monoisotopic (exact) mass is 555 g/mol. The maximum absolute atomic E-state index is 13.6. The first kappa shape index (κ1) is 26.1. The summed E-state index contributed by atoms with van der Waals surface area (Å²) in [5.74, 6) is 0.474. The number of amidine groups is 1. The summed E-state index contributed by atoms with van der Waals surface area (Å²) >= 11 is 1.23. The Kier molecular flexibility index (Phi) is 6.22. The van der Waals surface area contributed by atoms with Crippen LogP contribution in [0.15, 0.2) is 80.2 Å². The lowest BCUT2D eigenvalue weighted by molar-refractivity contribution is -0.113. The molecule has 3 aliphatic rings. The standard InChI is InChI=1S/C31H29N3O5S/c1-30(2)20-14-15-31(30,3)26(16-20)32-33-29-34(21-8-10-22(35)11-9-21)27(36)25(40-29)17-23-12-13-24(39-23)18-4-6-19(7-5-18)28(37)38/h4-13,17,20,35H,14-16H2,1-3H3,(H,37,38)/b25-17-,32-26+,33-29+. The molecule has 204 valence electrons. The Hall–Kier alpha value is -4.11. The molecule has 2 unspecified atom stereocenters. The van der Waals surface area contributed by atoms with E-state index in [1.807, 2.05) is 0 Å². The van der Waals surface area contributed by atoms with Crippen molar-refractivity contribution in [2.45, 2.75) is 40.0 Å². The van der Waals surface area contributed by atoms with Crippen LogP contribution in [0.2, 0.25) is 0 Å². The van der Waals surface area contributed by atoms with Crippen LogP contribution in [0.25, 0.3) is 17.4 Å². The first-order valence-corrected chi connectivity index (χ1v) is 14.0. The Labute approximate surface area is 236 Å². The van der Waals surface area contributed by atoms with Gasteiger partial charge in [-0.25, -0.2) is 4.79 Å². The minimum Gasteiger partial charge on any atom is -0.508 e. The molecule has 2 aliphatic carbocycles. The predicted molar refractivity (Wildman–Crippen MR) is 156 cm³/mol. The van der Waals surface area contributed by atoms with Gasteiger partial charge in [-0.1, -0.05) is 32.9 Å². The molecule has 1 amide bonds. The van der Waals surface area contributed by atoms with Gasteiger partial charge in [0.15, 0.2) is 0 Å². The molecule has 8 nitrogen and oxygen atoms in total. The summed E-state index contributed by atoms with van der Waals surface area (Å²) in [5.41, 5.74) is 2.74. The highest BCUT2D eigenvalue weighted by Gasteiger charge is 2.60. The maximum Gasteiger partial charge on any atom is 0.335 e. The zero-order valence-electron chi connectivity index (χ0n) is 22.4. The molecule has 3 fully saturated rings. The van der Waals surface area contributed by atoms with Crippen LogP contribution < -0.4 is 4.90 Å². The van der Waals surface area contributed by atoms with Gasteiger partial charge in [-0.15, -0.1) is 5.10 Å². The molecule has 2 atom stereocenters. The smallest absolute Gasteiger partial charge is 0.335 e. The van der Waals surface area contributed by atoms with E-state index < -0.39 is 5.97 Å². The molecule has 1 aliphatic heterocycles. The summed E-state index contributed by atoms with van der Waals surface area (Å²) in [7, 11) is 0. The second-order valence-corrected chi connectivity index (χ2v) is 12.3. The van der Waals surface area contributed by atoms with E-state index in [1.54, 1.807) is 42.5 Å². The number of amides is 1. The lowest BCUT2D eigenvalue weighted by Crippen LogP contribution is -2.32. The number of carbonyl (C=O) groups is 2. The topological polar surface area (TPSA) is 116 Å². The molecule has 1 saturated heterocycles. The van der Waals surface area contributed by atoms with E-state index in [9.17, 15) is 14.7 Å². The Morgan fingerprint density at radius 2 is 1.77 bits per heavy atom. The third-order valence-corrected chi connectivity index (χ3v) is 9.96. The third-order valence-electron chi connectivity index (χ3n) is 9.00. The van der Waals surface area contributed by atoms with E-state index in [4.69, 9.17) is 14.6 Å². The zero-order valence-corrected chi connectivity index (χ0v) is 23.2. The highest BCUT2D eigenvalue weighted by molar-refractivity contribution is 8.19. The summed E-state index contributed by atoms with van der Waals surface area (Å²) in [6.45, 7) is 6.91. The van der Waals surface area contributed by atoms with E-state index >= 15 is 0 Å². The Morgan fingerprint density at radius 3 is 2.40 bits per heavy atom. The Bertz CT molecular complexity index is 1600. The van der Waals surface area contributed by atoms with E-state index in [-0.39, 0.29) is 28.1 Å². The molecular formula is C31H29N3O5S. The number of aromatic carboxylic acids is 1. The molecule has 2 saturated carbocycles. The van der Waals surface area contributed by atoms with Crippen LogP contribution in [-0.4, -0.2) is 33.0 Å². The average molecular weight is 556 g/mol. The van der Waals surface area contributed by atoms with Crippen molar-refractivity contribution < 1.29 is 24.2 Å². The summed E-state index contributed by atoms with van der Waals surface area (Å²) in [5, 5.41) is 28.7. The number of benzene rings is 2. The van der Waals surface area contributed by atoms with Gasteiger partial charge < -0.3 is 14.6 Å². The van der Waals surface area contributed by atoms with Crippen LogP contribution >= 0.6 is 11.8 Å².